The van der Waals surface area contributed by atoms with E-state index in [4.69, 9.17) is 0 Å². The van der Waals surface area contributed by atoms with Gasteiger partial charge in [-0.25, -0.2) is 4.79 Å². The summed E-state index contributed by atoms with van der Waals surface area (Å²) >= 11 is 0. The van der Waals surface area contributed by atoms with Gasteiger partial charge in [-0.2, -0.15) is 0 Å². The Morgan fingerprint density at radius 1 is 1.00 bits per heavy atom. The van der Waals surface area contributed by atoms with Gasteiger partial charge < -0.3 is 4.74 Å². The minimum absolute atomic E-state index is 0.273. The number of methoxy groups -OCH3 is 1. The van der Waals surface area contributed by atoms with Crippen LogP contribution >= 0.6 is 0 Å². The van der Waals surface area contributed by atoms with Crippen molar-refractivity contribution < 1.29 is 9.53 Å². The third kappa shape index (κ3) is 10.1. The Morgan fingerprint density at radius 3 is 2.28 bits per heavy atom. The van der Waals surface area contributed by atoms with Gasteiger partial charge in [-0.1, -0.05) is 57.3 Å². The Hall–Kier alpha value is -1.05. The lowest BCUT2D eigenvalue weighted by atomic mass is 10.0. The van der Waals surface area contributed by atoms with Crippen LogP contribution in [0.4, 0.5) is 0 Å². The first kappa shape index (κ1) is 16.9. The van der Waals surface area contributed by atoms with Crippen molar-refractivity contribution in [1.82, 2.24) is 0 Å². The van der Waals surface area contributed by atoms with E-state index in [1.54, 1.807) is 0 Å². The van der Waals surface area contributed by atoms with Crippen LogP contribution < -0.4 is 0 Å². The number of unbranched alkanes of at least 4 members (excludes halogenated alkanes) is 5. The molecule has 0 saturated heterocycles. The minimum Gasteiger partial charge on any atom is -0.466 e. The molecule has 104 valence electrons. The number of hydrogen-bond donors (Lipinski definition) is 0. The van der Waals surface area contributed by atoms with Crippen LogP contribution in [0, 0.1) is 0 Å². The SMILES string of the molecule is CCCCC/C=C(/C=C/C(=O)OC)CCCCC. The van der Waals surface area contributed by atoms with E-state index in [-0.39, 0.29) is 5.97 Å². The fourth-order valence-electron chi connectivity index (χ4n) is 1.76. The van der Waals surface area contributed by atoms with Gasteiger partial charge in [0, 0.05) is 6.08 Å². The van der Waals surface area contributed by atoms with E-state index in [0.717, 1.165) is 12.8 Å². The Bertz CT molecular complexity index is 264. The molecule has 2 heteroatoms. The average Bonchev–Trinajstić information content (AvgIpc) is 2.39. The minimum atomic E-state index is -0.273. The van der Waals surface area contributed by atoms with E-state index < -0.39 is 0 Å². The van der Waals surface area contributed by atoms with E-state index in [9.17, 15) is 4.79 Å². The lowest BCUT2D eigenvalue weighted by Crippen LogP contribution is -1.94. The van der Waals surface area contributed by atoms with Crippen molar-refractivity contribution in [1.29, 1.82) is 0 Å². The Morgan fingerprint density at radius 2 is 1.67 bits per heavy atom. The zero-order chi connectivity index (χ0) is 13.6. The van der Waals surface area contributed by atoms with Gasteiger partial charge in [0.15, 0.2) is 0 Å². The van der Waals surface area contributed by atoms with Gasteiger partial charge in [0.05, 0.1) is 7.11 Å². The van der Waals surface area contributed by atoms with Gasteiger partial charge in [-0.15, -0.1) is 0 Å². The lowest BCUT2D eigenvalue weighted by Gasteiger charge is -2.02. The number of rotatable bonds is 10. The second-order valence-corrected chi connectivity index (χ2v) is 4.59. The predicted octanol–water partition coefficient (Wildman–Crippen LogP) is 4.80. The maximum Gasteiger partial charge on any atom is 0.330 e. The highest BCUT2D eigenvalue weighted by Gasteiger charge is 1.96. The van der Waals surface area contributed by atoms with Gasteiger partial charge in [0.1, 0.15) is 0 Å². The molecule has 0 atom stereocenters. The average molecular weight is 252 g/mol. The zero-order valence-electron chi connectivity index (χ0n) is 12.2. The third-order valence-corrected chi connectivity index (χ3v) is 2.92. The quantitative estimate of drug-likeness (QED) is 0.241. The number of esters is 1. The summed E-state index contributed by atoms with van der Waals surface area (Å²) < 4.78 is 4.62. The van der Waals surface area contributed by atoms with Gasteiger partial charge in [0.2, 0.25) is 0 Å². The van der Waals surface area contributed by atoms with Gasteiger partial charge in [-0.3, -0.25) is 0 Å². The number of ether oxygens (including phenoxy) is 1. The van der Waals surface area contributed by atoms with Crippen molar-refractivity contribution in [2.75, 3.05) is 7.11 Å². The maximum absolute atomic E-state index is 11.1. The van der Waals surface area contributed by atoms with Gasteiger partial charge in [0.25, 0.3) is 0 Å². The molecule has 0 fully saturated rings. The van der Waals surface area contributed by atoms with E-state index in [1.807, 2.05) is 6.08 Å². The summed E-state index contributed by atoms with van der Waals surface area (Å²) in [5, 5.41) is 0. The first-order chi connectivity index (χ1) is 8.74. The standard InChI is InChI=1S/C16H28O2/c1-4-6-8-10-12-15(11-9-7-5-2)13-14-16(17)18-3/h12-14H,4-11H2,1-3H3/b14-13+,15-12+. The molecule has 0 amide bonds. The molecule has 0 aromatic carbocycles. The highest BCUT2D eigenvalue weighted by Crippen LogP contribution is 2.13. The molecule has 0 rings (SSSR count). The zero-order valence-corrected chi connectivity index (χ0v) is 12.2. The monoisotopic (exact) mass is 252 g/mol. The van der Waals surface area contributed by atoms with Crippen LogP contribution in [-0.2, 0) is 9.53 Å². The van der Waals surface area contributed by atoms with Crippen LogP contribution in [0.25, 0.3) is 0 Å². The fraction of sp³-hybridized carbons (Fsp3) is 0.688. The van der Waals surface area contributed by atoms with Crippen LogP contribution in [0.2, 0.25) is 0 Å². The second-order valence-electron chi connectivity index (χ2n) is 4.59. The highest BCUT2D eigenvalue weighted by molar-refractivity contribution is 5.82. The number of carbonyl (C=O) groups excluding carboxylic acids is 1. The Balaban J connectivity index is 4.22. The molecule has 0 aliphatic heterocycles. The summed E-state index contributed by atoms with van der Waals surface area (Å²) in [5.74, 6) is -0.273. The molecule has 0 saturated carbocycles. The number of carbonyl (C=O) groups is 1. The van der Waals surface area contributed by atoms with Crippen LogP contribution in [-0.4, -0.2) is 13.1 Å². The Kier molecular flexibility index (Phi) is 11.7. The molecule has 0 spiro atoms. The molecule has 0 bridgehead atoms. The second kappa shape index (κ2) is 12.4. The molecule has 0 aliphatic rings. The molecule has 0 aromatic heterocycles. The summed E-state index contributed by atoms with van der Waals surface area (Å²) in [6, 6.07) is 0. The topological polar surface area (TPSA) is 26.3 Å². The molecule has 0 aromatic rings. The smallest absolute Gasteiger partial charge is 0.330 e. The van der Waals surface area contributed by atoms with Crippen molar-refractivity contribution in [2.45, 2.75) is 65.2 Å². The van der Waals surface area contributed by atoms with Crippen molar-refractivity contribution in [3.05, 3.63) is 23.8 Å². The van der Waals surface area contributed by atoms with Gasteiger partial charge in [-0.05, 0) is 25.7 Å². The predicted molar refractivity (Wildman–Crippen MR) is 77.5 cm³/mol. The van der Waals surface area contributed by atoms with E-state index in [0.29, 0.717) is 0 Å². The maximum atomic E-state index is 11.1. The first-order valence-corrected chi connectivity index (χ1v) is 7.19. The first-order valence-electron chi connectivity index (χ1n) is 7.19. The summed E-state index contributed by atoms with van der Waals surface area (Å²) in [6.45, 7) is 4.41. The van der Waals surface area contributed by atoms with Crippen LogP contribution in [0.5, 0.6) is 0 Å². The molecular weight excluding hydrogens is 224 g/mol. The summed E-state index contributed by atoms with van der Waals surface area (Å²) in [7, 11) is 1.41. The van der Waals surface area contributed by atoms with E-state index >= 15 is 0 Å². The summed E-state index contributed by atoms with van der Waals surface area (Å²) in [6.07, 6.45) is 15.3. The molecule has 0 heterocycles. The molecular formula is C16H28O2. The van der Waals surface area contributed by atoms with Crippen molar-refractivity contribution in [2.24, 2.45) is 0 Å². The lowest BCUT2D eigenvalue weighted by molar-refractivity contribution is -0.134. The van der Waals surface area contributed by atoms with Crippen molar-refractivity contribution in [3.8, 4) is 0 Å². The van der Waals surface area contributed by atoms with E-state index in [2.05, 4.69) is 24.7 Å². The van der Waals surface area contributed by atoms with Crippen molar-refractivity contribution >= 4 is 5.97 Å². The summed E-state index contributed by atoms with van der Waals surface area (Å²) in [5.41, 5.74) is 1.27. The molecule has 0 radical (unpaired) electrons. The number of allylic oxidation sites excluding steroid dienone is 3. The largest absolute Gasteiger partial charge is 0.466 e. The number of hydrogen-bond acceptors (Lipinski definition) is 2. The molecule has 0 unspecified atom stereocenters. The highest BCUT2D eigenvalue weighted by atomic mass is 16.5. The van der Waals surface area contributed by atoms with Crippen molar-refractivity contribution in [3.63, 3.8) is 0 Å². The Labute approximate surface area is 112 Å². The molecule has 18 heavy (non-hydrogen) atoms. The molecule has 0 N–H and O–H groups in total. The van der Waals surface area contributed by atoms with E-state index in [1.165, 1.54) is 57.3 Å². The van der Waals surface area contributed by atoms with Crippen LogP contribution in [0.15, 0.2) is 23.8 Å². The normalized spacial score (nSPS) is 12.1. The molecule has 2 nitrogen and oxygen atoms in total. The van der Waals surface area contributed by atoms with Crippen LogP contribution in [0.1, 0.15) is 65.2 Å². The fourth-order valence-corrected chi connectivity index (χ4v) is 1.76. The third-order valence-electron chi connectivity index (χ3n) is 2.92. The van der Waals surface area contributed by atoms with Crippen LogP contribution in [0.3, 0.4) is 0 Å². The molecule has 0 aliphatic carbocycles. The summed E-state index contributed by atoms with van der Waals surface area (Å²) in [4.78, 5) is 11.1. The van der Waals surface area contributed by atoms with Gasteiger partial charge >= 0.3 is 5.97 Å².